The number of ether oxygens (including phenoxy) is 5. The number of hydrogen-bond donors (Lipinski definition) is 0. The van der Waals surface area contributed by atoms with Crippen LogP contribution in [0.15, 0.2) is 30.3 Å². The van der Waals surface area contributed by atoms with E-state index in [0.29, 0.717) is 19.4 Å². The van der Waals surface area contributed by atoms with Crippen molar-refractivity contribution in [3.8, 4) is 0 Å². The fourth-order valence-electron chi connectivity index (χ4n) is 3.32. The molecule has 144 valence electrons. The minimum Gasteiger partial charge on any atom is -0.463 e. The highest BCUT2D eigenvalue weighted by Crippen LogP contribution is 2.35. The van der Waals surface area contributed by atoms with Crippen molar-refractivity contribution >= 4 is 5.97 Å². The topological polar surface area (TPSA) is 63.2 Å². The van der Waals surface area contributed by atoms with Crippen molar-refractivity contribution in [3.63, 3.8) is 0 Å². The SMILES string of the molecule is CC1(C)O[C@@H]([C@H]2COC(C)(C)O2)[C@H](COC(=O)CCc2ccccc2)O1. The van der Waals surface area contributed by atoms with Crippen molar-refractivity contribution in [1.82, 2.24) is 0 Å². The molecule has 3 atom stereocenters. The van der Waals surface area contributed by atoms with Crippen molar-refractivity contribution in [1.29, 1.82) is 0 Å². The van der Waals surface area contributed by atoms with Crippen LogP contribution in [0.2, 0.25) is 0 Å². The first-order valence-electron chi connectivity index (χ1n) is 9.11. The Hall–Kier alpha value is -1.47. The van der Waals surface area contributed by atoms with Gasteiger partial charge in [-0.15, -0.1) is 0 Å². The lowest BCUT2D eigenvalue weighted by Gasteiger charge is -2.23. The fourth-order valence-corrected chi connectivity index (χ4v) is 3.32. The van der Waals surface area contributed by atoms with Crippen molar-refractivity contribution in [2.45, 2.75) is 70.4 Å². The Morgan fingerprint density at radius 1 is 1.08 bits per heavy atom. The molecule has 2 heterocycles. The van der Waals surface area contributed by atoms with Crippen LogP contribution in [0.3, 0.4) is 0 Å². The third-order valence-corrected chi connectivity index (χ3v) is 4.49. The number of hydrogen-bond acceptors (Lipinski definition) is 6. The number of esters is 1. The molecule has 1 aromatic carbocycles. The maximum atomic E-state index is 12.1. The lowest BCUT2D eigenvalue weighted by atomic mass is 10.1. The first kappa shape index (κ1) is 19.3. The Kier molecular flexibility index (Phi) is 5.67. The monoisotopic (exact) mass is 364 g/mol. The summed E-state index contributed by atoms with van der Waals surface area (Å²) in [5.74, 6) is -1.63. The summed E-state index contributed by atoms with van der Waals surface area (Å²) in [5.41, 5.74) is 1.11. The summed E-state index contributed by atoms with van der Waals surface area (Å²) >= 11 is 0. The molecule has 0 aliphatic carbocycles. The van der Waals surface area contributed by atoms with Gasteiger partial charge in [-0.2, -0.15) is 0 Å². The molecule has 1 aromatic rings. The fraction of sp³-hybridized carbons (Fsp3) is 0.650. The van der Waals surface area contributed by atoms with Gasteiger partial charge in [-0.1, -0.05) is 30.3 Å². The van der Waals surface area contributed by atoms with Gasteiger partial charge < -0.3 is 23.7 Å². The average Bonchev–Trinajstić information content (AvgIpc) is 3.10. The molecule has 2 fully saturated rings. The van der Waals surface area contributed by atoms with E-state index in [2.05, 4.69) is 0 Å². The Balaban J connectivity index is 1.51. The molecule has 2 aliphatic rings. The summed E-state index contributed by atoms with van der Waals surface area (Å²) < 4.78 is 28.9. The maximum absolute atomic E-state index is 12.1. The Morgan fingerprint density at radius 2 is 1.81 bits per heavy atom. The predicted molar refractivity (Wildman–Crippen MR) is 94.5 cm³/mol. The largest absolute Gasteiger partial charge is 0.463 e. The minimum absolute atomic E-state index is 0.141. The van der Waals surface area contributed by atoms with Gasteiger partial charge in [0.1, 0.15) is 24.9 Å². The van der Waals surface area contributed by atoms with Crippen LogP contribution in [0.4, 0.5) is 0 Å². The van der Waals surface area contributed by atoms with Gasteiger partial charge >= 0.3 is 5.97 Å². The van der Waals surface area contributed by atoms with Gasteiger partial charge in [0.25, 0.3) is 0 Å². The molecule has 0 unspecified atom stereocenters. The molecule has 6 heteroatoms. The van der Waals surface area contributed by atoms with E-state index in [1.54, 1.807) is 0 Å². The third kappa shape index (κ3) is 5.04. The zero-order valence-electron chi connectivity index (χ0n) is 15.9. The molecule has 0 aromatic heterocycles. The molecule has 0 radical (unpaired) electrons. The lowest BCUT2D eigenvalue weighted by molar-refractivity contribution is -0.175. The van der Waals surface area contributed by atoms with E-state index in [4.69, 9.17) is 23.7 Å². The van der Waals surface area contributed by atoms with E-state index in [0.717, 1.165) is 5.56 Å². The average molecular weight is 364 g/mol. The molecule has 0 saturated carbocycles. The Bertz CT molecular complexity index is 612. The summed E-state index contributed by atoms with van der Waals surface area (Å²) in [6, 6.07) is 9.87. The number of benzene rings is 1. The molecule has 6 nitrogen and oxygen atoms in total. The van der Waals surface area contributed by atoms with Crippen LogP contribution in [-0.2, 0) is 34.9 Å². The van der Waals surface area contributed by atoms with E-state index < -0.39 is 11.6 Å². The quantitative estimate of drug-likeness (QED) is 0.724. The van der Waals surface area contributed by atoms with E-state index >= 15 is 0 Å². The van der Waals surface area contributed by atoms with Crippen molar-refractivity contribution in [2.75, 3.05) is 13.2 Å². The smallest absolute Gasteiger partial charge is 0.306 e. The van der Waals surface area contributed by atoms with Crippen LogP contribution in [0.25, 0.3) is 0 Å². The molecule has 0 N–H and O–H groups in total. The van der Waals surface area contributed by atoms with Crippen LogP contribution < -0.4 is 0 Å². The second-order valence-electron chi connectivity index (χ2n) is 7.67. The first-order valence-corrected chi connectivity index (χ1v) is 9.11. The zero-order valence-corrected chi connectivity index (χ0v) is 15.9. The van der Waals surface area contributed by atoms with E-state index in [9.17, 15) is 4.79 Å². The van der Waals surface area contributed by atoms with Gasteiger partial charge in [0.05, 0.1) is 6.61 Å². The summed E-state index contributed by atoms with van der Waals surface area (Å²) in [6.07, 6.45) is 0.0215. The van der Waals surface area contributed by atoms with Crippen LogP contribution in [0.1, 0.15) is 39.7 Å². The highest BCUT2D eigenvalue weighted by molar-refractivity contribution is 5.69. The van der Waals surface area contributed by atoms with Crippen molar-refractivity contribution in [2.24, 2.45) is 0 Å². The number of aryl methyl sites for hydroxylation is 1. The number of rotatable bonds is 6. The molecule has 0 bridgehead atoms. The molecule has 0 spiro atoms. The highest BCUT2D eigenvalue weighted by Gasteiger charge is 2.50. The molecule has 2 aliphatic heterocycles. The van der Waals surface area contributed by atoms with Gasteiger partial charge in [0.15, 0.2) is 11.6 Å². The third-order valence-electron chi connectivity index (χ3n) is 4.49. The molecule has 0 amide bonds. The Morgan fingerprint density at radius 3 is 2.46 bits per heavy atom. The maximum Gasteiger partial charge on any atom is 0.306 e. The van der Waals surface area contributed by atoms with Crippen LogP contribution in [0, 0.1) is 0 Å². The van der Waals surface area contributed by atoms with Gasteiger partial charge in [-0.05, 0) is 39.7 Å². The lowest BCUT2D eigenvalue weighted by Crippen LogP contribution is -2.40. The zero-order chi connectivity index (χ0) is 18.8. The van der Waals surface area contributed by atoms with E-state index in [-0.39, 0.29) is 30.9 Å². The summed E-state index contributed by atoms with van der Waals surface area (Å²) in [7, 11) is 0. The van der Waals surface area contributed by atoms with Crippen LogP contribution >= 0.6 is 0 Å². The minimum atomic E-state index is -0.748. The second-order valence-corrected chi connectivity index (χ2v) is 7.67. The second kappa shape index (κ2) is 7.64. The molecular formula is C20H28O6. The van der Waals surface area contributed by atoms with E-state index in [1.807, 2.05) is 58.0 Å². The highest BCUT2D eigenvalue weighted by atomic mass is 16.8. The van der Waals surface area contributed by atoms with Crippen LogP contribution in [-0.4, -0.2) is 49.1 Å². The normalized spacial score (nSPS) is 29.6. The van der Waals surface area contributed by atoms with Gasteiger partial charge in [-0.25, -0.2) is 0 Å². The van der Waals surface area contributed by atoms with Crippen molar-refractivity contribution < 1.29 is 28.5 Å². The summed E-state index contributed by atoms with van der Waals surface area (Å²) in [4.78, 5) is 12.1. The van der Waals surface area contributed by atoms with Gasteiger partial charge in [0, 0.05) is 6.42 Å². The summed E-state index contributed by atoms with van der Waals surface area (Å²) in [6.45, 7) is 7.99. The first-order chi connectivity index (χ1) is 12.2. The summed E-state index contributed by atoms with van der Waals surface area (Å²) in [5, 5.41) is 0. The van der Waals surface area contributed by atoms with Gasteiger partial charge in [-0.3, -0.25) is 4.79 Å². The Labute approximate surface area is 154 Å². The predicted octanol–water partition coefficient (Wildman–Crippen LogP) is 2.83. The molecule has 3 rings (SSSR count). The molecule has 26 heavy (non-hydrogen) atoms. The standard InChI is InChI=1S/C20H28O6/c1-19(2)23-13-16(24-19)18-15(25-20(3,4)26-18)12-22-17(21)11-10-14-8-6-5-7-9-14/h5-9,15-16,18H,10-13H2,1-4H3/t15-,16+,18+/m0/s1. The van der Waals surface area contributed by atoms with E-state index in [1.165, 1.54) is 0 Å². The van der Waals surface area contributed by atoms with Crippen LogP contribution in [0.5, 0.6) is 0 Å². The van der Waals surface area contributed by atoms with Gasteiger partial charge in [0.2, 0.25) is 0 Å². The van der Waals surface area contributed by atoms with Crippen molar-refractivity contribution in [3.05, 3.63) is 35.9 Å². The molecule has 2 saturated heterocycles. The number of carbonyl (C=O) groups excluding carboxylic acids is 1. The molecular weight excluding hydrogens is 336 g/mol. The number of carbonyl (C=O) groups is 1.